The van der Waals surface area contributed by atoms with Crippen LogP contribution in [0.2, 0.25) is 10.0 Å². The summed E-state index contributed by atoms with van der Waals surface area (Å²) in [4.78, 5) is 2.23. The third-order valence-electron chi connectivity index (χ3n) is 5.41. The molecule has 0 spiro atoms. The van der Waals surface area contributed by atoms with Gasteiger partial charge in [-0.1, -0.05) is 35.3 Å². The van der Waals surface area contributed by atoms with E-state index < -0.39 is 12.2 Å². The van der Waals surface area contributed by atoms with Crippen molar-refractivity contribution in [2.75, 3.05) is 39.4 Å². The van der Waals surface area contributed by atoms with E-state index in [0.717, 1.165) is 37.2 Å². The number of benzene rings is 2. The molecule has 1 heterocycles. The van der Waals surface area contributed by atoms with Crippen LogP contribution in [0, 0.1) is 6.92 Å². The van der Waals surface area contributed by atoms with Crippen LogP contribution >= 0.6 is 23.2 Å². The lowest BCUT2D eigenvalue weighted by molar-refractivity contribution is 0.0556. The first-order valence-electron chi connectivity index (χ1n) is 11.0. The predicted molar refractivity (Wildman–Crippen MR) is 128 cm³/mol. The molecule has 0 radical (unpaired) electrons. The summed E-state index contributed by atoms with van der Waals surface area (Å²) in [6.45, 7) is 5.27. The minimum atomic E-state index is -0.599. The van der Waals surface area contributed by atoms with E-state index in [2.05, 4.69) is 10.2 Å². The molecule has 2 aromatic rings. The van der Waals surface area contributed by atoms with Gasteiger partial charge in [-0.15, -0.1) is 0 Å². The minimum absolute atomic E-state index is 0.183. The number of hydrogen-bond acceptors (Lipinski definition) is 6. The van der Waals surface area contributed by atoms with Gasteiger partial charge in [0.2, 0.25) is 0 Å². The quantitative estimate of drug-likeness (QED) is 0.454. The number of halogens is 2. The fraction of sp³-hybridized carbons (Fsp3) is 0.500. The average Bonchev–Trinajstić information content (AvgIpc) is 2.75. The van der Waals surface area contributed by atoms with Crippen LogP contribution in [0.3, 0.4) is 0 Å². The van der Waals surface area contributed by atoms with Crippen LogP contribution in [0.5, 0.6) is 11.5 Å². The molecule has 1 fully saturated rings. The van der Waals surface area contributed by atoms with Gasteiger partial charge in [-0.05, 0) is 68.8 Å². The zero-order chi connectivity index (χ0) is 22.9. The molecule has 2 atom stereocenters. The summed E-state index contributed by atoms with van der Waals surface area (Å²) >= 11 is 11.9. The Morgan fingerprint density at radius 3 is 2.31 bits per heavy atom. The van der Waals surface area contributed by atoms with Crippen molar-refractivity contribution in [3.05, 3.63) is 58.1 Å². The van der Waals surface area contributed by atoms with Crippen molar-refractivity contribution in [1.29, 1.82) is 0 Å². The molecule has 1 aliphatic rings. The largest absolute Gasteiger partial charge is 0.491 e. The Morgan fingerprint density at radius 1 is 0.969 bits per heavy atom. The lowest BCUT2D eigenvalue weighted by Crippen LogP contribution is -2.47. The fourth-order valence-electron chi connectivity index (χ4n) is 3.73. The number of likely N-dealkylation sites (tertiary alicyclic amines) is 1. The van der Waals surface area contributed by atoms with Crippen molar-refractivity contribution in [2.24, 2.45) is 0 Å². The van der Waals surface area contributed by atoms with Gasteiger partial charge >= 0.3 is 0 Å². The molecule has 0 aromatic heterocycles. The molecule has 3 N–H and O–H groups in total. The van der Waals surface area contributed by atoms with Crippen LogP contribution in [0.25, 0.3) is 0 Å². The third-order valence-corrected chi connectivity index (χ3v) is 5.85. The molecule has 0 saturated carbocycles. The van der Waals surface area contributed by atoms with E-state index in [9.17, 15) is 10.2 Å². The summed E-state index contributed by atoms with van der Waals surface area (Å²) in [7, 11) is 0. The molecular weight excluding hydrogens is 451 g/mol. The van der Waals surface area contributed by atoms with E-state index in [1.165, 1.54) is 0 Å². The number of rotatable bonds is 11. The maximum atomic E-state index is 10.3. The Bertz CT molecular complexity index is 826. The number of aryl methyl sites for hydroxylation is 1. The molecule has 6 nitrogen and oxygen atoms in total. The zero-order valence-electron chi connectivity index (χ0n) is 18.3. The van der Waals surface area contributed by atoms with Gasteiger partial charge in [0, 0.05) is 29.2 Å². The number of piperidine rings is 1. The second-order valence-corrected chi connectivity index (χ2v) is 9.21. The highest BCUT2D eigenvalue weighted by atomic mass is 35.5. The molecule has 0 bridgehead atoms. The van der Waals surface area contributed by atoms with Gasteiger partial charge in [-0.2, -0.15) is 0 Å². The monoisotopic (exact) mass is 482 g/mol. The second-order valence-electron chi connectivity index (χ2n) is 8.33. The molecule has 3 rings (SSSR count). The Labute approximate surface area is 200 Å². The molecule has 2 aromatic carbocycles. The number of ether oxygens (including phenoxy) is 2. The average molecular weight is 483 g/mol. The summed E-state index contributed by atoms with van der Waals surface area (Å²) in [6.07, 6.45) is 0.761. The number of nitrogens with zero attached hydrogens (tertiary/aromatic N) is 1. The van der Waals surface area contributed by atoms with Crippen molar-refractivity contribution in [1.82, 2.24) is 10.2 Å². The van der Waals surface area contributed by atoms with E-state index in [0.29, 0.717) is 34.9 Å². The smallest absolute Gasteiger partial charge is 0.122 e. The van der Waals surface area contributed by atoms with Crippen molar-refractivity contribution in [2.45, 2.75) is 38.0 Å². The molecular formula is C24H32Cl2N2O4. The topological polar surface area (TPSA) is 74.2 Å². The first-order chi connectivity index (χ1) is 15.4. The van der Waals surface area contributed by atoms with Crippen LogP contribution in [-0.2, 0) is 0 Å². The second kappa shape index (κ2) is 12.6. The van der Waals surface area contributed by atoms with Crippen LogP contribution in [-0.4, -0.2) is 72.8 Å². The van der Waals surface area contributed by atoms with E-state index >= 15 is 0 Å². The number of nitrogens with one attached hydrogen (secondary N) is 1. The maximum Gasteiger partial charge on any atom is 0.122 e. The molecule has 0 unspecified atom stereocenters. The van der Waals surface area contributed by atoms with Gasteiger partial charge in [0.25, 0.3) is 0 Å². The van der Waals surface area contributed by atoms with Crippen molar-refractivity contribution >= 4 is 23.2 Å². The first-order valence-corrected chi connectivity index (χ1v) is 11.7. The normalized spacial score (nSPS) is 17.2. The standard InChI is InChI=1S/C24H32Cl2N2O4/c1-17-3-2-4-23(9-17)31-15-21(29)13-27-20-5-7-28(8-6-20)14-22(30)16-32-24-11-18(25)10-19(26)12-24/h2-4,9-12,20-22,27,29-30H,5-8,13-16H2,1H3/t21-,22-/m1/s1. The minimum Gasteiger partial charge on any atom is -0.491 e. The summed E-state index contributed by atoms with van der Waals surface area (Å²) in [6, 6.07) is 13.2. The highest BCUT2D eigenvalue weighted by Crippen LogP contribution is 2.24. The summed E-state index contributed by atoms with van der Waals surface area (Å²) in [5.74, 6) is 1.33. The Kier molecular flexibility index (Phi) is 9.91. The highest BCUT2D eigenvalue weighted by Gasteiger charge is 2.21. The SMILES string of the molecule is Cc1cccc(OC[C@H](O)CNC2CCN(C[C@@H](O)COc3cc(Cl)cc(Cl)c3)CC2)c1. The summed E-state index contributed by atoms with van der Waals surface area (Å²) in [5.41, 5.74) is 1.13. The van der Waals surface area contributed by atoms with E-state index in [4.69, 9.17) is 32.7 Å². The van der Waals surface area contributed by atoms with Gasteiger partial charge in [0.05, 0.1) is 0 Å². The molecule has 0 amide bonds. The zero-order valence-corrected chi connectivity index (χ0v) is 19.9. The highest BCUT2D eigenvalue weighted by molar-refractivity contribution is 6.34. The first kappa shape index (κ1) is 25.1. The van der Waals surface area contributed by atoms with E-state index in [1.54, 1.807) is 18.2 Å². The number of hydrogen-bond donors (Lipinski definition) is 3. The fourth-order valence-corrected chi connectivity index (χ4v) is 4.24. The molecule has 1 aliphatic heterocycles. The summed E-state index contributed by atoms with van der Waals surface area (Å²) < 4.78 is 11.3. The van der Waals surface area contributed by atoms with Gasteiger partial charge in [0.15, 0.2) is 0 Å². The van der Waals surface area contributed by atoms with Crippen LogP contribution in [0.15, 0.2) is 42.5 Å². The van der Waals surface area contributed by atoms with Crippen molar-refractivity contribution < 1.29 is 19.7 Å². The molecule has 32 heavy (non-hydrogen) atoms. The molecule has 176 valence electrons. The van der Waals surface area contributed by atoms with Gasteiger partial charge in [-0.25, -0.2) is 0 Å². The number of aliphatic hydroxyl groups excluding tert-OH is 2. The predicted octanol–water partition coefficient (Wildman–Crippen LogP) is 3.54. The van der Waals surface area contributed by atoms with Crippen LogP contribution in [0.4, 0.5) is 0 Å². The lowest BCUT2D eigenvalue weighted by Gasteiger charge is -2.33. The number of aliphatic hydroxyl groups is 2. The Hall–Kier alpha value is -1.54. The maximum absolute atomic E-state index is 10.3. The third kappa shape index (κ3) is 8.77. The van der Waals surface area contributed by atoms with Crippen LogP contribution < -0.4 is 14.8 Å². The molecule has 1 saturated heterocycles. The van der Waals surface area contributed by atoms with E-state index in [-0.39, 0.29) is 13.2 Å². The van der Waals surface area contributed by atoms with Gasteiger partial charge < -0.3 is 29.9 Å². The molecule has 0 aliphatic carbocycles. The summed E-state index contributed by atoms with van der Waals surface area (Å²) in [5, 5.41) is 25.0. The number of β-amino-alcohol motifs (C(OH)–C–C–N with tert-alkyl or cyclic N) is 1. The van der Waals surface area contributed by atoms with Crippen molar-refractivity contribution in [3.8, 4) is 11.5 Å². The van der Waals surface area contributed by atoms with E-state index in [1.807, 2.05) is 31.2 Å². The lowest BCUT2D eigenvalue weighted by atomic mass is 10.0. The Balaban J connectivity index is 1.29. The molecule has 8 heteroatoms. The van der Waals surface area contributed by atoms with Gasteiger partial charge in [0.1, 0.15) is 36.9 Å². The Morgan fingerprint density at radius 2 is 1.62 bits per heavy atom. The van der Waals surface area contributed by atoms with Gasteiger partial charge in [-0.3, -0.25) is 0 Å². The van der Waals surface area contributed by atoms with Crippen molar-refractivity contribution in [3.63, 3.8) is 0 Å². The van der Waals surface area contributed by atoms with Crippen LogP contribution in [0.1, 0.15) is 18.4 Å².